The molecule has 2 aliphatic carbocycles. The van der Waals surface area contributed by atoms with Crippen LogP contribution in [0.2, 0.25) is 0 Å². The van der Waals surface area contributed by atoms with Crippen LogP contribution >= 0.6 is 11.3 Å². The van der Waals surface area contributed by atoms with Crippen molar-refractivity contribution in [3.63, 3.8) is 0 Å². The highest BCUT2D eigenvalue weighted by Crippen LogP contribution is 2.33. The summed E-state index contributed by atoms with van der Waals surface area (Å²) < 4.78 is 36.1. The maximum Gasteiger partial charge on any atom is 0.280 e. The number of aromatic nitrogens is 2. The zero-order valence-corrected chi connectivity index (χ0v) is 22.5. The van der Waals surface area contributed by atoms with Gasteiger partial charge in [-0.15, -0.1) is 0 Å². The molecular formula is C25H29N5O6S2. The lowest BCUT2D eigenvalue weighted by molar-refractivity contribution is -0.110. The van der Waals surface area contributed by atoms with Crippen LogP contribution in [0.4, 0.5) is 5.13 Å². The van der Waals surface area contributed by atoms with Crippen molar-refractivity contribution in [2.45, 2.75) is 54.5 Å². The van der Waals surface area contributed by atoms with Gasteiger partial charge in [0.25, 0.3) is 5.91 Å². The van der Waals surface area contributed by atoms with E-state index in [1.165, 1.54) is 23.5 Å². The van der Waals surface area contributed by atoms with Crippen LogP contribution in [0.3, 0.4) is 0 Å². The van der Waals surface area contributed by atoms with Gasteiger partial charge in [-0.25, -0.2) is 18.4 Å². The van der Waals surface area contributed by atoms with Gasteiger partial charge in [0.2, 0.25) is 5.88 Å². The number of nitrogens with two attached hydrogens (primary N) is 1. The van der Waals surface area contributed by atoms with Crippen LogP contribution in [0.5, 0.6) is 5.88 Å². The molecule has 0 aliphatic heterocycles. The molecule has 2 aromatic heterocycles. The fourth-order valence-electron chi connectivity index (χ4n) is 4.19. The SMILES string of the molecule is CO[C@@H]1CC[C@@H](ON=C(C(=O)Nc2nc3ccc(OCCN)nc3s2)c2ccc(S(=O)(=O)C3CC3)cc2)C1. The first-order chi connectivity index (χ1) is 18.4. The lowest BCUT2D eigenvalue weighted by Gasteiger charge is -2.12. The van der Waals surface area contributed by atoms with Crippen molar-refractivity contribution in [3.8, 4) is 5.88 Å². The second-order valence-corrected chi connectivity index (χ2v) is 12.4. The van der Waals surface area contributed by atoms with E-state index < -0.39 is 15.7 Å². The summed E-state index contributed by atoms with van der Waals surface area (Å²) in [5, 5.41) is 6.99. The molecule has 0 saturated heterocycles. The van der Waals surface area contributed by atoms with Gasteiger partial charge in [0.15, 0.2) is 20.7 Å². The number of hydrogen-bond acceptors (Lipinski definition) is 11. The predicted octanol–water partition coefficient (Wildman–Crippen LogP) is 2.89. The molecule has 2 aliphatic rings. The predicted molar refractivity (Wildman–Crippen MR) is 143 cm³/mol. The summed E-state index contributed by atoms with van der Waals surface area (Å²) in [5.41, 5.74) is 6.52. The minimum atomic E-state index is -3.35. The lowest BCUT2D eigenvalue weighted by atomic mass is 10.1. The normalized spacial score (nSPS) is 20.0. The van der Waals surface area contributed by atoms with Crippen LogP contribution < -0.4 is 15.8 Å². The van der Waals surface area contributed by atoms with Gasteiger partial charge in [-0.05, 0) is 43.9 Å². The van der Waals surface area contributed by atoms with Crippen molar-refractivity contribution in [1.29, 1.82) is 0 Å². The Labute approximate surface area is 224 Å². The molecular weight excluding hydrogens is 530 g/mol. The fourth-order valence-corrected chi connectivity index (χ4v) is 6.67. The summed E-state index contributed by atoms with van der Waals surface area (Å²) in [5.74, 6) is -0.116. The Balaban J connectivity index is 1.38. The van der Waals surface area contributed by atoms with E-state index in [-0.39, 0.29) is 28.1 Å². The number of benzene rings is 1. The van der Waals surface area contributed by atoms with Crippen LogP contribution in [0.15, 0.2) is 46.4 Å². The number of carbonyl (C=O) groups excluding carboxylic acids is 1. The summed E-state index contributed by atoms with van der Waals surface area (Å²) in [6.07, 6.45) is 3.54. The van der Waals surface area contributed by atoms with E-state index in [2.05, 4.69) is 20.4 Å². The summed E-state index contributed by atoms with van der Waals surface area (Å²) in [7, 11) is -1.69. The Bertz CT molecular complexity index is 1440. The van der Waals surface area contributed by atoms with Gasteiger partial charge in [-0.2, -0.15) is 0 Å². The summed E-state index contributed by atoms with van der Waals surface area (Å²) >= 11 is 1.19. The smallest absolute Gasteiger partial charge is 0.280 e. The molecule has 13 heteroatoms. The Kier molecular flexibility index (Phi) is 7.88. The number of hydrogen-bond donors (Lipinski definition) is 2. The van der Waals surface area contributed by atoms with Crippen molar-refractivity contribution < 1.29 is 27.5 Å². The topological polar surface area (TPSA) is 155 Å². The molecule has 0 unspecified atom stereocenters. The van der Waals surface area contributed by atoms with Crippen molar-refractivity contribution in [2.75, 3.05) is 25.6 Å². The molecule has 1 amide bonds. The van der Waals surface area contributed by atoms with Gasteiger partial charge in [-0.1, -0.05) is 28.6 Å². The fraction of sp³-hybridized carbons (Fsp3) is 0.440. The van der Waals surface area contributed by atoms with Gasteiger partial charge in [0, 0.05) is 31.7 Å². The maximum atomic E-state index is 13.4. The number of nitrogens with one attached hydrogen (secondary N) is 1. The third-order valence-electron chi connectivity index (χ3n) is 6.42. The first-order valence-electron chi connectivity index (χ1n) is 12.4. The van der Waals surface area contributed by atoms with Crippen molar-refractivity contribution in [1.82, 2.24) is 9.97 Å². The van der Waals surface area contributed by atoms with E-state index in [1.807, 2.05) is 0 Å². The van der Waals surface area contributed by atoms with E-state index in [4.69, 9.17) is 20.0 Å². The third kappa shape index (κ3) is 5.96. The average molecular weight is 560 g/mol. The molecule has 2 fully saturated rings. The number of methoxy groups -OCH3 is 1. The molecule has 0 spiro atoms. The number of thiazole rings is 1. The third-order valence-corrected chi connectivity index (χ3v) is 9.57. The van der Waals surface area contributed by atoms with Gasteiger partial charge in [0.1, 0.15) is 23.1 Å². The molecule has 2 heterocycles. The standard InChI is InChI=1S/C25H29N5O6S2/c1-34-16-4-5-17(14-16)36-30-22(15-2-6-18(7-3-15)38(32,33)19-8-9-19)23(31)29-25-27-20-10-11-21(35-13-12-26)28-24(20)37-25/h2-3,6-7,10-11,16-17,19H,4-5,8-9,12-14,26H2,1H3,(H,27,29,31)/t16-,17-/m1/s1. The number of pyridine rings is 1. The zero-order valence-electron chi connectivity index (χ0n) is 20.8. The van der Waals surface area contributed by atoms with E-state index in [0.717, 1.165) is 12.8 Å². The van der Waals surface area contributed by atoms with Crippen LogP contribution in [-0.4, -0.2) is 67.7 Å². The number of fused-ring (bicyclic) bond motifs is 1. The van der Waals surface area contributed by atoms with Gasteiger partial charge >= 0.3 is 0 Å². The first kappa shape index (κ1) is 26.5. The Morgan fingerprint density at radius 3 is 2.55 bits per heavy atom. The van der Waals surface area contributed by atoms with Gasteiger partial charge in [-0.3, -0.25) is 10.1 Å². The zero-order chi connectivity index (χ0) is 26.7. The van der Waals surface area contributed by atoms with Crippen LogP contribution in [0.25, 0.3) is 10.3 Å². The molecule has 38 heavy (non-hydrogen) atoms. The number of ether oxygens (including phenoxy) is 2. The number of oxime groups is 1. The lowest BCUT2D eigenvalue weighted by Crippen LogP contribution is -2.25. The van der Waals surface area contributed by atoms with E-state index in [0.29, 0.717) is 59.3 Å². The van der Waals surface area contributed by atoms with Crippen molar-refractivity contribution in [2.24, 2.45) is 10.9 Å². The van der Waals surface area contributed by atoms with Gasteiger partial charge in [0.05, 0.1) is 16.2 Å². The minimum Gasteiger partial charge on any atom is -0.476 e. The van der Waals surface area contributed by atoms with E-state index >= 15 is 0 Å². The Hall–Kier alpha value is -3.13. The highest BCUT2D eigenvalue weighted by molar-refractivity contribution is 7.92. The van der Waals surface area contributed by atoms with Crippen molar-refractivity contribution >= 4 is 48.3 Å². The van der Waals surface area contributed by atoms with Crippen LogP contribution in [0.1, 0.15) is 37.7 Å². The highest BCUT2D eigenvalue weighted by atomic mass is 32.2. The molecule has 3 N–H and O–H groups in total. The molecule has 0 bridgehead atoms. The minimum absolute atomic E-state index is 0.0143. The van der Waals surface area contributed by atoms with Crippen molar-refractivity contribution in [3.05, 3.63) is 42.0 Å². The highest BCUT2D eigenvalue weighted by Gasteiger charge is 2.37. The molecule has 11 nitrogen and oxygen atoms in total. The number of amides is 1. The number of anilines is 1. The first-order valence-corrected chi connectivity index (χ1v) is 14.8. The molecule has 1 aromatic carbocycles. The molecule has 2 saturated carbocycles. The second kappa shape index (κ2) is 11.3. The summed E-state index contributed by atoms with van der Waals surface area (Å²) in [6, 6.07) is 9.61. The van der Waals surface area contributed by atoms with Crippen LogP contribution in [0, 0.1) is 0 Å². The number of nitrogens with zero attached hydrogens (tertiary/aromatic N) is 3. The Morgan fingerprint density at radius 2 is 1.87 bits per heavy atom. The quantitative estimate of drug-likeness (QED) is 0.266. The van der Waals surface area contributed by atoms with Crippen LogP contribution in [-0.2, 0) is 24.2 Å². The number of carbonyl (C=O) groups is 1. The number of sulfone groups is 1. The van der Waals surface area contributed by atoms with Gasteiger partial charge < -0.3 is 20.0 Å². The Morgan fingerprint density at radius 1 is 1.11 bits per heavy atom. The number of rotatable bonds is 11. The summed E-state index contributed by atoms with van der Waals surface area (Å²) in [6.45, 7) is 0.710. The monoisotopic (exact) mass is 559 g/mol. The van der Waals surface area contributed by atoms with E-state index in [1.54, 1.807) is 31.4 Å². The van der Waals surface area contributed by atoms with E-state index in [9.17, 15) is 13.2 Å². The molecule has 3 aromatic rings. The average Bonchev–Trinajstić information content (AvgIpc) is 3.57. The molecule has 5 rings (SSSR count). The summed E-state index contributed by atoms with van der Waals surface area (Å²) in [4.78, 5) is 28.8. The largest absolute Gasteiger partial charge is 0.476 e. The maximum absolute atomic E-state index is 13.4. The second-order valence-electron chi connectivity index (χ2n) is 9.19. The molecule has 0 radical (unpaired) electrons. The molecule has 202 valence electrons. The molecule has 2 atom stereocenters.